The second-order valence-electron chi connectivity index (χ2n) is 3.97. The van der Waals surface area contributed by atoms with Crippen molar-refractivity contribution in [2.75, 3.05) is 19.8 Å². The molecule has 0 atom stereocenters. The molecule has 88 valence electrons. The average molecular weight is 353 g/mol. The van der Waals surface area contributed by atoms with Gasteiger partial charge in [0.25, 0.3) is 0 Å². The molecular weight excluding hydrogens is 338 g/mol. The minimum absolute atomic E-state index is 0.616. The summed E-state index contributed by atoms with van der Waals surface area (Å²) in [4.78, 5) is 0. The molecule has 0 unspecified atom stereocenters. The number of hydrogen-bond acceptors (Lipinski definition) is 2. The Kier molecular flexibility index (Phi) is 4.73. The maximum Gasteiger partial charge on any atom is 0.121 e. The Bertz CT molecular complexity index is 331. The molecule has 0 N–H and O–H groups in total. The molecular formula is C12H14ClIO2. The van der Waals surface area contributed by atoms with Crippen molar-refractivity contribution >= 4 is 34.2 Å². The molecule has 2 rings (SSSR count). The van der Waals surface area contributed by atoms with E-state index in [1.807, 2.05) is 18.2 Å². The molecule has 1 saturated heterocycles. The van der Waals surface area contributed by atoms with Crippen molar-refractivity contribution in [2.45, 2.75) is 12.8 Å². The highest BCUT2D eigenvalue weighted by Gasteiger charge is 2.14. The highest BCUT2D eigenvalue weighted by atomic mass is 127. The molecule has 4 heteroatoms. The van der Waals surface area contributed by atoms with Gasteiger partial charge in [0.2, 0.25) is 0 Å². The monoisotopic (exact) mass is 352 g/mol. The van der Waals surface area contributed by atoms with Gasteiger partial charge < -0.3 is 9.47 Å². The van der Waals surface area contributed by atoms with Crippen LogP contribution in [0.15, 0.2) is 18.2 Å². The van der Waals surface area contributed by atoms with Gasteiger partial charge in [0.05, 0.1) is 6.61 Å². The highest BCUT2D eigenvalue weighted by Crippen LogP contribution is 2.23. The molecule has 0 amide bonds. The smallest absolute Gasteiger partial charge is 0.121 e. The van der Waals surface area contributed by atoms with E-state index in [0.29, 0.717) is 5.92 Å². The van der Waals surface area contributed by atoms with E-state index in [2.05, 4.69) is 22.6 Å². The number of ether oxygens (including phenoxy) is 2. The Morgan fingerprint density at radius 2 is 2.06 bits per heavy atom. The number of halogens is 2. The lowest BCUT2D eigenvalue weighted by atomic mass is 10.0. The highest BCUT2D eigenvalue weighted by molar-refractivity contribution is 14.1. The lowest BCUT2D eigenvalue weighted by Crippen LogP contribution is -2.21. The van der Waals surface area contributed by atoms with E-state index < -0.39 is 0 Å². The number of benzene rings is 1. The Morgan fingerprint density at radius 1 is 1.31 bits per heavy atom. The summed E-state index contributed by atoms with van der Waals surface area (Å²) < 4.78 is 12.2. The SMILES string of the molecule is Clc1cc(I)cc(OCC2CCOCC2)c1. The van der Waals surface area contributed by atoms with E-state index in [-0.39, 0.29) is 0 Å². The lowest BCUT2D eigenvalue weighted by molar-refractivity contribution is 0.0497. The molecule has 1 heterocycles. The fourth-order valence-electron chi connectivity index (χ4n) is 1.74. The van der Waals surface area contributed by atoms with Crippen molar-refractivity contribution in [3.8, 4) is 5.75 Å². The van der Waals surface area contributed by atoms with Crippen LogP contribution < -0.4 is 4.74 Å². The van der Waals surface area contributed by atoms with Gasteiger partial charge >= 0.3 is 0 Å². The van der Waals surface area contributed by atoms with Crippen LogP contribution in [0.4, 0.5) is 0 Å². The first-order valence-corrected chi connectivity index (χ1v) is 6.86. The summed E-state index contributed by atoms with van der Waals surface area (Å²) in [6.07, 6.45) is 2.19. The zero-order valence-corrected chi connectivity index (χ0v) is 11.8. The second-order valence-corrected chi connectivity index (χ2v) is 5.65. The van der Waals surface area contributed by atoms with Gasteiger partial charge in [0.15, 0.2) is 0 Å². The zero-order chi connectivity index (χ0) is 11.4. The van der Waals surface area contributed by atoms with E-state index in [9.17, 15) is 0 Å². The summed E-state index contributed by atoms with van der Waals surface area (Å²) in [7, 11) is 0. The number of hydrogen-bond donors (Lipinski definition) is 0. The molecule has 1 fully saturated rings. The van der Waals surface area contributed by atoms with Gasteiger partial charge in [0.1, 0.15) is 5.75 Å². The molecule has 1 aliphatic rings. The van der Waals surface area contributed by atoms with Crippen LogP contribution in [0.1, 0.15) is 12.8 Å². The van der Waals surface area contributed by atoms with Crippen molar-refractivity contribution < 1.29 is 9.47 Å². The van der Waals surface area contributed by atoms with Crippen LogP contribution in [-0.2, 0) is 4.74 Å². The van der Waals surface area contributed by atoms with Gasteiger partial charge in [0, 0.05) is 21.8 Å². The summed E-state index contributed by atoms with van der Waals surface area (Å²) in [6, 6.07) is 5.79. The molecule has 0 bridgehead atoms. The van der Waals surface area contributed by atoms with E-state index >= 15 is 0 Å². The fourth-order valence-corrected chi connectivity index (χ4v) is 2.79. The van der Waals surface area contributed by atoms with Gasteiger partial charge in [-0.1, -0.05) is 11.6 Å². The summed E-state index contributed by atoms with van der Waals surface area (Å²) in [5, 5.41) is 0.730. The van der Waals surface area contributed by atoms with Crippen LogP contribution in [0, 0.1) is 9.49 Å². The molecule has 1 aromatic carbocycles. The first-order chi connectivity index (χ1) is 7.74. The third-order valence-electron chi connectivity index (χ3n) is 2.66. The first-order valence-electron chi connectivity index (χ1n) is 5.40. The number of rotatable bonds is 3. The molecule has 0 saturated carbocycles. The van der Waals surface area contributed by atoms with Crippen LogP contribution in [0.5, 0.6) is 5.75 Å². The fraction of sp³-hybridized carbons (Fsp3) is 0.500. The summed E-state index contributed by atoms with van der Waals surface area (Å²) in [5.74, 6) is 1.48. The van der Waals surface area contributed by atoms with E-state index in [1.165, 1.54) is 0 Å². The minimum Gasteiger partial charge on any atom is -0.493 e. The third kappa shape index (κ3) is 3.79. The maximum absolute atomic E-state index is 5.97. The molecule has 16 heavy (non-hydrogen) atoms. The Hall–Kier alpha value is -0.000000000000000139. The van der Waals surface area contributed by atoms with Gasteiger partial charge in [-0.2, -0.15) is 0 Å². The summed E-state index contributed by atoms with van der Waals surface area (Å²) in [6.45, 7) is 2.49. The van der Waals surface area contributed by atoms with E-state index in [1.54, 1.807) is 0 Å². The molecule has 1 aromatic rings. The van der Waals surface area contributed by atoms with Crippen LogP contribution in [0.3, 0.4) is 0 Å². The summed E-state index contributed by atoms with van der Waals surface area (Å²) in [5.41, 5.74) is 0. The van der Waals surface area contributed by atoms with Crippen molar-refractivity contribution in [3.05, 3.63) is 26.8 Å². The second kappa shape index (κ2) is 6.07. The van der Waals surface area contributed by atoms with Gasteiger partial charge in [-0.15, -0.1) is 0 Å². The van der Waals surface area contributed by atoms with E-state index in [0.717, 1.165) is 47.0 Å². The van der Waals surface area contributed by atoms with Gasteiger partial charge in [-0.3, -0.25) is 0 Å². The first kappa shape index (κ1) is 12.5. The van der Waals surface area contributed by atoms with Crippen molar-refractivity contribution in [3.63, 3.8) is 0 Å². The lowest BCUT2D eigenvalue weighted by Gasteiger charge is -2.22. The third-order valence-corrected chi connectivity index (χ3v) is 3.50. The standard InChI is InChI=1S/C12H14ClIO2/c13-10-5-11(14)7-12(6-10)16-8-9-1-3-15-4-2-9/h5-7,9H,1-4,8H2. The van der Waals surface area contributed by atoms with Crippen LogP contribution in [0.2, 0.25) is 5.02 Å². The molecule has 0 spiro atoms. The predicted octanol–water partition coefficient (Wildman–Crippen LogP) is 3.75. The zero-order valence-electron chi connectivity index (χ0n) is 8.92. The van der Waals surface area contributed by atoms with Crippen LogP contribution >= 0.6 is 34.2 Å². The van der Waals surface area contributed by atoms with Gasteiger partial charge in [-0.25, -0.2) is 0 Å². The van der Waals surface area contributed by atoms with Crippen molar-refractivity contribution in [1.29, 1.82) is 0 Å². The van der Waals surface area contributed by atoms with Gasteiger partial charge in [-0.05, 0) is 59.5 Å². The Labute approximate surface area is 114 Å². The Balaban J connectivity index is 1.88. The molecule has 0 radical (unpaired) electrons. The quantitative estimate of drug-likeness (QED) is 0.771. The average Bonchev–Trinajstić information content (AvgIpc) is 2.27. The molecule has 1 aliphatic heterocycles. The van der Waals surface area contributed by atoms with Crippen LogP contribution in [-0.4, -0.2) is 19.8 Å². The summed E-state index contributed by atoms with van der Waals surface area (Å²) >= 11 is 8.21. The normalized spacial score (nSPS) is 17.4. The topological polar surface area (TPSA) is 18.5 Å². The van der Waals surface area contributed by atoms with Crippen molar-refractivity contribution in [1.82, 2.24) is 0 Å². The minimum atomic E-state index is 0.616. The van der Waals surface area contributed by atoms with Crippen LogP contribution in [0.25, 0.3) is 0 Å². The van der Waals surface area contributed by atoms with E-state index in [4.69, 9.17) is 21.1 Å². The molecule has 2 nitrogen and oxygen atoms in total. The Morgan fingerprint density at radius 3 is 2.75 bits per heavy atom. The van der Waals surface area contributed by atoms with Crippen molar-refractivity contribution in [2.24, 2.45) is 5.92 Å². The largest absolute Gasteiger partial charge is 0.493 e. The molecule has 0 aromatic heterocycles. The maximum atomic E-state index is 5.97. The predicted molar refractivity (Wildman–Crippen MR) is 73.2 cm³/mol. The molecule has 0 aliphatic carbocycles.